The normalized spacial score (nSPS) is 16.5. The van der Waals surface area contributed by atoms with Gasteiger partial charge in [0.05, 0.1) is 11.4 Å². The molecule has 2 rings (SSSR count). The molecule has 1 saturated carbocycles. The third-order valence-corrected chi connectivity index (χ3v) is 5.34. The quantitative estimate of drug-likeness (QED) is 0.815. The number of sulfonamides is 1. The number of hydrogen-bond acceptors (Lipinski definition) is 4. The van der Waals surface area contributed by atoms with Gasteiger partial charge in [-0.3, -0.25) is 5.10 Å². The number of nitrogens with two attached hydrogens (primary N) is 1. The van der Waals surface area contributed by atoms with Gasteiger partial charge in [0.25, 0.3) is 0 Å². The van der Waals surface area contributed by atoms with Crippen LogP contribution in [0.1, 0.15) is 38.1 Å². The lowest BCUT2D eigenvalue weighted by Crippen LogP contribution is -2.36. The lowest BCUT2D eigenvalue weighted by molar-refractivity contribution is 0.359. The van der Waals surface area contributed by atoms with E-state index in [1.165, 1.54) is 0 Å². The van der Waals surface area contributed by atoms with Gasteiger partial charge >= 0.3 is 0 Å². The standard InChI is InChI=1S/C12H22N4O2S/c1-8(2)7-16(10-4-5-10)19(17,18)12-9(3)14-15-11(12)6-13/h8,10H,4-7,13H2,1-3H3,(H,14,15). The van der Waals surface area contributed by atoms with Crippen LogP contribution in [0.2, 0.25) is 0 Å². The van der Waals surface area contributed by atoms with Crippen molar-refractivity contribution >= 4 is 10.0 Å². The molecule has 1 aliphatic rings. The van der Waals surface area contributed by atoms with Crippen molar-refractivity contribution in [2.24, 2.45) is 11.7 Å². The topological polar surface area (TPSA) is 92.1 Å². The Kier molecular flexibility index (Phi) is 3.98. The Morgan fingerprint density at radius 3 is 2.58 bits per heavy atom. The van der Waals surface area contributed by atoms with Gasteiger partial charge in [0.2, 0.25) is 10.0 Å². The Balaban J connectivity index is 2.41. The highest BCUT2D eigenvalue weighted by Crippen LogP contribution is 2.34. The van der Waals surface area contributed by atoms with Gasteiger partial charge in [-0.25, -0.2) is 8.42 Å². The largest absolute Gasteiger partial charge is 0.325 e. The van der Waals surface area contributed by atoms with E-state index in [1.807, 2.05) is 13.8 Å². The minimum atomic E-state index is -3.50. The fourth-order valence-corrected chi connectivity index (χ4v) is 4.42. The first-order valence-electron chi connectivity index (χ1n) is 6.63. The molecule has 0 unspecified atom stereocenters. The molecule has 0 aromatic carbocycles. The second-order valence-electron chi connectivity index (χ2n) is 5.53. The van der Waals surface area contributed by atoms with Crippen LogP contribution in [0.4, 0.5) is 0 Å². The molecule has 0 spiro atoms. The maximum absolute atomic E-state index is 12.8. The second-order valence-corrected chi connectivity index (χ2v) is 7.36. The smallest absolute Gasteiger partial charge is 0.247 e. The number of aromatic amines is 1. The molecule has 1 aromatic rings. The molecule has 3 N–H and O–H groups in total. The van der Waals surface area contributed by atoms with Crippen molar-refractivity contribution in [3.05, 3.63) is 11.4 Å². The fourth-order valence-electron chi connectivity index (χ4n) is 2.23. The Labute approximate surface area is 114 Å². The van der Waals surface area contributed by atoms with Gasteiger partial charge in [-0.05, 0) is 25.7 Å². The molecule has 0 aliphatic heterocycles. The Bertz CT molecular complexity index is 546. The Hall–Kier alpha value is -0.920. The van der Waals surface area contributed by atoms with Gasteiger partial charge < -0.3 is 5.73 Å². The molecule has 108 valence electrons. The summed E-state index contributed by atoms with van der Waals surface area (Å²) in [5, 5.41) is 6.71. The lowest BCUT2D eigenvalue weighted by Gasteiger charge is -2.24. The fraction of sp³-hybridized carbons (Fsp3) is 0.750. The first-order valence-corrected chi connectivity index (χ1v) is 8.07. The molecule has 0 bridgehead atoms. The van der Waals surface area contributed by atoms with Crippen molar-refractivity contribution < 1.29 is 8.42 Å². The van der Waals surface area contributed by atoms with Crippen LogP contribution < -0.4 is 5.73 Å². The number of hydrogen-bond donors (Lipinski definition) is 2. The third kappa shape index (κ3) is 2.82. The van der Waals surface area contributed by atoms with Crippen LogP contribution >= 0.6 is 0 Å². The number of nitrogens with one attached hydrogen (secondary N) is 1. The summed E-state index contributed by atoms with van der Waals surface area (Å²) in [6, 6.07) is 0.146. The molecule has 7 heteroatoms. The molecule has 0 saturated heterocycles. The summed E-state index contributed by atoms with van der Waals surface area (Å²) < 4.78 is 27.3. The van der Waals surface area contributed by atoms with Crippen molar-refractivity contribution in [2.75, 3.05) is 6.54 Å². The molecule has 6 nitrogen and oxygen atoms in total. The average molecular weight is 286 g/mol. The lowest BCUT2D eigenvalue weighted by atomic mass is 10.2. The van der Waals surface area contributed by atoms with Gasteiger partial charge in [0.15, 0.2) is 0 Å². The van der Waals surface area contributed by atoms with E-state index >= 15 is 0 Å². The minimum Gasteiger partial charge on any atom is -0.325 e. The van der Waals surface area contributed by atoms with Crippen LogP contribution in [0, 0.1) is 12.8 Å². The highest BCUT2D eigenvalue weighted by molar-refractivity contribution is 7.89. The SMILES string of the molecule is Cc1[nH]nc(CN)c1S(=O)(=O)N(CC(C)C)C1CC1. The summed E-state index contributed by atoms with van der Waals surface area (Å²) in [6.07, 6.45) is 1.89. The van der Waals surface area contributed by atoms with Crippen LogP contribution in [-0.2, 0) is 16.6 Å². The molecular weight excluding hydrogens is 264 g/mol. The summed E-state index contributed by atoms with van der Waals surface area (Å²) in [7, 11) is -3.50. The first-order chi connectivity index (χ1) is 8.87. The average Bonchev–Trinajstić information content (AvgIpc) is 3.08. The van der Waals surface area contributed by atoms with Gasteiger partial charge in [-0.15, -0.1) is 0 Å². The molecule has 1 aliphatic carbocycles. The van der Waals surface area contributed by atoms with E-state index in [-0.39, 0.29) is 17.5 Å². The van der Waals surface area contributed by atoms with E-state index in [2.05, 4.69) is 10.2 Å². The maximum Gasteiger partial charge on any atom is 0.247 e. The molecule has 0 amide bonds. The van der Waals surface area contributed by atoms with Crippen molar-refractivity contribution in [1.82, 2.24) is 14.5 Å². The van der Waals surface area contributed by atoms with Gasteiger partial charge in [0, 0.05) is 19.1 Å². The van der Waals surface area contributed by atoms with Crippen LogP contribution in [0.25, 0.3) is 0 Å². The number of aryl methyl sites for hydroxylation is 1. The summed E-state index contributed by atoms with van der Waals surface area (Å²) >= 11 is 0. The van der Waals surface area contributed by atoms with Crippen molar-refractivity contribution in [3.8, 4) is 0 Å². The number of aromatic nitrogens is 2. The zero-order valence-electron chi connectivity index (χ0n) is 11.7. The highest BCUT2D eigenvalue weighted by Gasteiger charge is 2.40. The highest BCUT2D eigenvalue weighted by atomic mass is 32.2. The predicted octanol–water partition coefficient (Wildman–Crippen LogP) is 0.986. The van der Waals surface area contributed by atoms with Gasteiger partial charge in [-0.1, -0.05) is 13.8 Å². The Morgan fingerprint density at radius 2 is 2.11 bits per heavy atom. The third-order valence-electron chi connectivity index (χ3n) is 3.22. The molecule has 19 heavy (non-hydrogen) atoms. The van der Waals surface area contributed by atoms with Crippen LogP contribution in [0.5, 0.6) is 0 Å². The number of nitrogens with zero attached hydrogens (tertiary/aromatic N) is 2. The Morgan fingerprint density at radius 1 is 1.47 bits per heavy atom. The number of H-pyrrole nitrogens is 1. The summed E-state index contributed by atoms with van der Waals surface area (Å²) in [5.41, 5.74) is 6.58. The van der Waals surface area contributed by atoms with E-state index in [0.717, 1.165) is 12.8 Å². The zero-order chi connectivity index (χ0) is 14.2. The predicted molar refractivity (Wildman–Crippen MR) is 73.0 cm³/mol. The zero-order valence-corrected chi connectivity index (χ0v) is 12.5. The van der Waals surface area contributed by atoms with Crippen molar-refractivity contribution in [2.45, 2.75) is 51.1 Å². The van der Waals surface area contributed by atoms with E-state index in [9.17, 15) is 8.42 Å². The molecule has 1 fully saturated rings. The second kappa shape index (κ2) is 5.22. The summed E-state index contributed by atoms with van der Waals surface area (Å²) in [5.74, 6) is 0.295. The van der Waals surface area contributed by atoms with Gasteiger partial charge in [-0.2, -0.15) is 9.40 Å². The van der Waals surface area contributed by atoms with E-state index in [1.54, 1.807) is 11.2 Å². The molecule has 1 heterocycles. The molecular formula is C12H22N4O2S. The number of rotatable bonds is 6. The van der Waals surface area contributed by atoms with Crippen molar-refractivity contribution in [3.63, 3.8) is 0 Å². The van der Waals surface area contributed by atoms with E-state index < -0.39 is 10.0 Å². The molecule has 0 radical (unpaired) electrons. The first kappa shape index (κ1) is 14.5. The van der Waals surface area contributed by atoms with E-state index in [0.29, 0.717) is 23.9 Å². The van der Waals surface area contributed by atoms with Gasteiger partial charge in [0.1, 0.15) is 4.90 Å². The van der Waals surface area contributed by atoms with Crippen LogP contribution in [-0.4, -0.2) is 35.5 Å². The molecule has 0 atom stereocenters. The van der Waals surface area contributed by atoms with E-state index in [4.69, 9.17) is 5.73 Å². The van der Waals surface area contributed by atoms with Crippen molar-refractivity contribution in [1.29, 1.82) is 0 Å². The summed E-state index contributed by atoms with van der Waals surface area (Å²) in [4.78, 5) is 0.266. The van der Waals surface area contributed by atoms with Crippen LogP contribution in [0.3, 0.4) is 0 Å². The minimum absolute atomic E-state index is 0.124. The molecule has 1 aromatic heterocycles. The van der Waals surface area contributed by atoms with Crippen LogP contribution in [0.15, 0.2) is 4.90 Å². The maximum atomic E-state index is 12.8. The monoisotopic (exact) mass is 286 g/mol. The summed E-state index contributed by atoms with van der Waals surface area (Å²) in [6.45, 7) is 6.44.